The Morgan fingerprint density at radius 2 is 1.97 bits per heavy atom. The standard InChI is InChI=1S/C21H27N3O4S2/c1-2-28-20(27)12-24-16-10-6-7-11-17(16)30-21(24)23-19(26)14-29-13-18(25)22-15-8-4-3-5-9-15/h6-7,10-11,15H,2-5,8-9,12-14H2,1H3,(H,22,25). The number of nitrogens with zero attached hydrogens (tertiary/aromatic N) is 2. The van der Waals surface area contributed by atoms with Crippen LogP contribution in [0.4, 0.5) is 0 Å². The Bertz CT molecular complexity index is 961. The molecule has 0 atom stereocenters. The average molecular weight is 450 g/mol. The lowest BCUT2D eigenvalue weighted by molar-refractivity contribution is -0.143. The number of carbonyl (C=O) groups is 3. The molecule has 162 valence electrons. The summed E-state index contributed by atoms with van der Waals surface area (Å²) in [7, 11) is 0. The number of esters is 1. The first kappa shape index (κ1) is 22.6. The van der Waals surface area contributed by atoms with Crippen molar-refractivity contribution in [2.45, 2.75) is 51.6 Å². The van der Waals surface area contributed by atoms with Gasteiger partial charge in [-0.15, -0.1) is 11.8 Å². The van der Waals surface area contributed by atoms with E-state index in [4.69, 9.17) is 4.74 Å². The number of hydrogen-bond acceptors (Lipinski definition) is 6. The summed E-state index contributed by atoms with van der Waals surface area (Å²) in [5, 5.41) is 3.05. The van der Waals surface area contributed by atoms with Crippen molar-refractivity contribution in [3.05, 3.63) is 29.1 Å². The molecule has 9 heteroatoms. The third kappa shape index (κ3) is 6.43. The van der Waals surface area contributed by atoms with Crippen LogP contribution in [0.2, 0.25) is 0 Å². The molecule has 1 fully saturated rings. The summed E-state index contributed by atoms with van der Waals surface area (Å²) in [6.45, 7) is 2.05. The summed E-state index contributed by atoms with van der Waals surface area (Å²) in [5.74, 6) is -0.365. The maximum absolute atomic E-state index is 12.4. The number of nitrogens with one attached hydrogen (secondary N) is 1. The van der Waals surface area contributed by atoms with E-state index in [2.05, 4.69) is 10.3 Å². The number of para-hydroxylation sites is 1. The lowest BCUT2D eigenvalue weighted by Crippen LogP contribution is -2.37. The Morgan fingerprint density at radius 1 is 1.20 bits per heavy atom. The van der Waals surface area contributed by atoms with Gasteiger partial charge in [0.15, 0.2) is 4.80 Å². The molecule has 30 heavy (non-hydrogen) atoms. The van der Waals surface area contributed by atoms with Gasteiger partial charge in [0.2, 0.25) is 5.91 Å². The Kier molecular flexibility index (Phi) is 8.50. The summed E-state index contributed by atoms with van der Waals surface area (Å²) in [6, 6.07) is 7.87. The fourth-order valence-electron chi connectivity index (χ4n) is 3.48. The SMILES string of the molecule is CCOC(=O)Cn1c(=NC(=O)CSCC(=O)NC2CCCCC2)sc2ccccc21. The number of benzene rings is 1. The van der Waals surface area contributed by atoms with Gasteiger partial charge < -0.3 is 14.6 Å². The molecule has 1 aliphatic rings. The summed E-state index contributed by atoms with van der Waals surface area (Å²) in [6.07, 6.45) is 5.64. The highest BCUT2D eigenvalue weighted by Gasteiger charge is 2.16. The summed E-state index contributed by atoms with van der Waals surface area (Å²) < 4.78 is 7.69. The van der Waals surface area contributed by atoms with Crippen molar-refractivity contribution >= 4 is 51.1 Å². The highest BCUT2D eigenvalue weighted by Crippen LogP contribution is 2.18. The molecule has 3 rings (SSSR count). The molecule has 0 spiro atoms. The van der Waals surface area contributed by atoms with Gasteiger partial charge in [0, 0.05) is 6.04 Å². The van der Waals surface area contributed by atoms with E-state index in [1.165, 1.54) is 29.5 Å². The molecule has 0 aliphatic heterocycles. The molecule has 2 amide bonds. The third-order valence-electron chi connectivity index (χ3n) is 4.83. The number of fused-ring (bicyclic) bond motifs is 1. The van der Waals surface area contributed by atoms with Crippen LogP contribution in [0.25, 0.3) is 10.2 Å². The minimum Gasteiger partial charge on any atom is -0.465 e. The highest BCUT2D eigenvalue weighted by molar-refractivity contribution is 8.00. The minimum absolute atomic E-state index is 0.000897. The molecule has 1 saturated carbocycles. The Morgan fingerprint density at radius 3 is 2.73 bits per heavy atom. The van der Waals surface area contributed by atoms with Crippen molar-refractivity contribution in [1.82, 2.24) is 9.88 Å². The van der Waals surface area contributed by atoms with Crippen LogP contribution >= 0.6 is 23.1 Å². The first-order chi connectivity index (χ1) is 14.6. The third-order valence-corrected chi connectivity index (χ3v) is 6.81. The summed E-state index contributed by atoms with van der Waals surface area (Å²) in [5.41, 5.74) is 0.835. The number of amides is 2. The Hall–Kier alpha value is -2.13. The predicted molar refractivity (Wildman–Crippen MR) is 119 cm³/mol. The van der Waals surface area contributed by atoms with Gasteiger partial charge >= 0.3 is 5.97 Å². The van der Waals surface area contributed by atoms with Crippen molar-refractivity contribution in [3.8, 4) is 0 Å². The molecule has 0 radical (unpaired) electrons. The lowest BCUT2D eigenvalue weighted by atomic mass is 9.95. The number of thiazole rings is 1. The first-order valence-electron chi connectivity index (χ1n) is 10.3. The second-order valence-electron chi connectivity index (χ2n) is 7.14. The van der Waals surface area contributed by atoms with Gasteiger partial charge in [0.05, 0.1) is 28.3 Å². The summed E-state index contributed by atoms with van der Waals surface area (Å²) in [4.78, 5) is 41.1. The molecule has 0 unspecified atom stereocenters. The number of ether oxygens (including phenoxy) is 1. The second-order valence-corrected chi connectivity index (χ2v) is 9.14. The molecule has 1 aromatic heterocycles. The number of rotatable bonds is 8. The van der Waals surface area contributed by atoms with Crippen LogP contribution in [-0.2, 0) is 25.7 Å². The van der Waals surface area contributed by atoms with E-state index in [9.17, 15) is 14.4 Å². The van der Waals surface area contributed by atoms with Gasteiger partial charge in [0.1, 0.15) is 6.54 Å². The topological polar surface area (TPSA) is 89.8 Å². The molecule has 7 nitrogen and oxygen atoms in total. The fraction of sp³-hybridized carbons (Fsp3) is 0.524. The number of carbonyl (C=O) groups excluding carboxylic acids is 3. The van der Waals surface area contributed by atoms with Gasteiger partial charge in [-0.25, -0.2) is 0 Å². The van der Waals surface area contributed by atoms with E-state index in [0.29, 0.717) is 11.4 Å². The molecule has 1 aromatic carbocycles. The van der Waals surface area contributed by atoms with Crippen LogP contribution in [0.15, 0.2) is 29.3 Å². The highest BCUT2D eigenvalue weighted by atomic mass is 32.2. The van der Waals surface area contributed by atoms with Crippen LogP contribution in [0.5, 0.6) is 0 Å². The lowest BCUT2D eigenvalue weighted by Gasteiger charge is -2.22. The van der Waals surface area contributed by atoms with E-state index in [-0.39, 0.29) is 41.9 Å². The van der Waals surface area contributed by atoms with E-state index in [1.54, 1.807) is 11.5 Å². The smallest absolute Gasteiger partial charge is 0.326 e. The largest absolute Gasteiger partial charge is 0.465 e. The van der Waals surface area contributed by atoms with Gasteiger partial charge in [-0.1, -0.05) is 42.7 Å². The van der Waals surface area contributed by atoms with E-state index < -0.39 is 0 Å². The van der Waals surface area contributed by atoms with Gasteiger partial charge in [-0.05, 0) is 31.9 Å². The van der Waals surface area contributed by atoms with Crippen LogP contribution in [0, 0.1) is 0 Å². The zero-order valence-corrected chi connectivity index (χ0v) is 18.7. The quantitative estimate of drug-likeness (QED) is 0.626. The first-order valence-corrected chi connectivity index (χ1v) is 12.2. The van der Waals surface area contributed by atoms with Crippen LogP contribution < -0.4 is 10.1 Å². The van der Waals surface area contributed by atoms with Crippen LogP contribution in [0.1, 0.15) is 39.0 Å². The maximum atomic E-state index is 12.4. The van der Waals surface area contributed by atoms with Crippen molar-refractivity contribution in [2.75, 3.05) is 18.1 Å². The summed E-state index contributed by atoms with van der Waals surface area (Å²) >= 11 is 2.61. The van der Waals surface area contributed by atoms with Crippen molar-refractivity contribution in [2.24, 2.45) is 4.99 Å². The monoisotopic (exact) mass is 449 g/mol. The molecular formula is C21H27N3O4S2. The molecule has 1 aliphatic carbocycles. The fourth-order valence-corrected chi connectivity index (χ4v) is 5.14. The predicted octanol–water partition coefficient (Wildman–Crippen LogP) is 2.88. The zero-order valence-electron chi connectivity index (χ0n) is 17.1. The molecule has 0 bridgehead atoms. The van der Waals surface area contributed by atoms with E-state index >= 15 is 0 Å². The Balaban J connectivity index is 1.61. The Labute approximate surface area is 183 Å². The zero-order chi connectivity index (χ0) is 21.3. The van der Waals surface area contributed by atoms with Crippen molar-refractivity contribution < 1.29 is 19.1 Å². The van der Waals surface area contributed by atoms with Crippen LogP contribution in [-0.4, -0.2) is 46.5 Å². The molecular weight excluding hydrogens is 422 g/mol. The molecule has 0 saturated heterocycles. The van der Waals surface area contributed by atoms with E-state index in [1.807, 2.05) is 24.3 Å². The minimum atomic E-state index is -0.372. The molecule has 1 heterocycles. The van der Waals surface area contributed by atoms with Gasteiger partial charge in [-0.2, -0.15) is 4.99 Å². The van der Waals surface area contributed by atoms with Crippen molar-refractivity contribution in [1.29, 1.82) is 0 Å². The van der Waals surface area contributed by atoms with Crippen molar-refractivity contribution in [3.63, 3.8) is 0 Å². The normalized spacial score (nSPS) is 15.3. The number of aromatic nitrogens is 1. The maximum Gasteiger partial charge on any atom is 0.326 e. The number of hydrogen-bond donors (Lipinski definition) is 1. The number of thioether (sulfide) groups is 1. The average Bonchev–Trinajstić information content (AvgIpc) is 3.06. The van der Waals surface area contributed by atoms with Gasteiger partial charge in [-0.3, -0.25) is 14.4 Å². The van der Waals surface area contributed by atoms with Crippen LogP contribution in [0.3, 0.4) is 0 Å². The molecule has 1 N–H and O–H groups in total. The van der Waals surface area contributed by atoms with Gasteiger partial charge in [0.25, 0.3) is 5.91 Å². The molecule has 2 aromatic rings. The van der Waals surface area contributed by atoms with E-state index in [0.717, 1.165) is 35.9 Å². The second kappa shape index (κ2) is 11.3.